The molecule has 68 heavy (non-hydrogen) atoms. The Morgan fingerprint density at radius 1 is 0.765 bits per heavy atom. The summed E-state index contributed by atoms with van der Waals surface area (Å²) in [4.78, 5) is 85.6. The van der Waals surface area contributed by atoms with Gasteiger partial charge >= 0.3 is 12.2 Å². The summed E-state index contributed by atoms with van der Waals surface area (Å²) in [5, 5.41) is 5.81. The van der Waals surface area contributed by atoms with E-state index in [0.717, 1.165) is 78.5 Å². The molecule has 1 spiro atoms. The van der Waals surface area contributed by atoms with Crippen LogP contribution in [0.5, 0.6) is 11.5 Å². The molecule has 4 amide bonds. The molecule has 0 radical (unpaired) electrons. The van der Waals surface area contributed by atoms with E-state index < -0.39 is 36.1 Å². The van der Waals surface area contributed by atoms with Crippen molar-refractivity contribution in [2.24, 2.45) is 23.7 Å². The highest BCUT2D eigenvalue weighted by Gasteiger charge is 2.56. The summed E-state index contributed by atoms with van der Waals surface area (Å²) >= 11 is 0. The molecule has 4 N–H and O–H groups in total. The molecule has 17 nitrogen and oxygen atoms in total. The third-order valence-corrected chi connectivity index (χ3v) is 14.5. The number of carbonyl (C=O) groups excluding carboxylic acids is 4. The number of amides is 4. The zero-order chi connectivity index (χ0) is 47.6. The second-order valence-corrected chi connectivity index (χ2v) is 19.6. The van der Waals surface area contributed by atoms with Crippen molar-refractivity contribution in [2.45, 2.75) is 103 Å². The zero-order valence-electron chi connectivity index (χ0n) is 39.2. The molecule has 5 aromatic rings. The Hall–Kier alpha value is -6.91. The molecule has 5 aliphatic rings. The first kappa shape index (κ1) is 44.9. The van der Waals surface area contributed by atoms with Crippen LogP contribution in [-0.4, -0.2) is 98.9 Å². The van der Waals surface area contributed by atoms with Gasteiger partial charge in [0.25, 0.3) is 11.3 Å². The van der Waals surface area contributed by atoms with Gasteiger partial charge in [0.2, 0.25) is 11.8 Å². The van der Waals surface area contributed by atoms with Crippen molar-refractivity contribution in [3.8, 4) is 45.0 Å². The average molecular weight is 927 g/mol. The maximum atomic E-state index is 14.0. The molecule has 2 unspecified atom stereocenters. The number of likely N-dealkylation sites (tertiary alicyclic amines) is 2. The number of nitrogens with zero attached hydrogens (tertiary/aromatic N) is 4. The number of carbonyl (C=O) groups is 4. The van der Waals surface area contributed by atoms with Crippen LogP contribution in [0, 0.1) is 23.7 Å². The molecule has 2 saturated heterocycles. The third-order valence-electron chi connectivity index (χ3n) is 14.5. The Balaban J connectivity index is 0.912. The van der Waals surface area contributed by atoms with E-state index in [1.54, 1.807) is 16.0 Å². The quantitative estimate of drug-likeness (QED) is 0.101. The molecule has 356 valence electrons. The first-order valence-corrected chi connectivity index (χ1v) is 23.8. The van der Waals surface area contributed by atoms with E-state index in [-0.39, 0.29) is 41.2 Å². The number of piperidine rings is 1. The Morgan fingerprint density at radius 3 is 2.00 bits per heavy atom. The number of hydrogen-bond acceptors (Lipinski definition) is 11. The van der Waals surface area contributed by atoms with Gasteiger partial charge in [0.15, 0.2) is 11.5 Å². The third kappa shape index (κ3) is 8.08. The van der Waals surface area contributed by atoms with Crippen molar-refractivity contribution in [3.63, 3.8) is 0 Å². The first-order chi connectivity index (χ1) is 32.8. The van der Waals surface area contributed by atoms with Gasteiger partial charge in [-0.15, -0.1) is 0 Å². The maximum Gasteiger partial charge on any atom is 0.407 e. The Bertz CT molecular complexity index is 2850. The highest BCUT2D eigenvalue weighted by molar-refractivity contribution is 5.90. The number of hydrogen-bond donors (Lipinski definition) is 4. The summed E-state index contributed by atoms with van der Waals surface area (Å²) in [7, 11) is 2.55. The van der Waals surface area contributed by atoms with Gasteiger partial charge in [-0.3, -0.25) is 14.4 Å². The predicted molar refractivity (Wildman–Crippen MR) is 251 cm³/mol. The lowest BCUT2D eigenvalue weighted by Gasteiger charge is -2.32. The molecule has 5 heterocycles. The first-order valence-electron chi connectivity index (χ1n) is 23.8. The Morgan fingerprint density at radius 2 is 1.37 bits per heavy atom. The van der Waals surface area contributed by atoms with Gasteiger partial charge in [0.05, 0.1) is 49.1 Å². The lowest BCUT2D eigenvalue weighted by Crippen LogP contribution is -2.51. The number of methoxy groups -OCH3 is 2. The van der Waals surface area contributed by atoms with Gasteiger partial charge in [0.1, 0.15) is 23.7 Å². The van der Waals surface area contributed by atoms with Crippen molar-refractivity contribution in [2.75, 3.05) is 27.3 Å². The zero-order valence-corrected chi connectivity index (χ0v) is 39.2. The SMILES string of the molecule is COC(=O)N[C@H](C(=O)N1CC2CC2[C@H]1c1nc2ccc(-c3ccc(-c4ccc(-c5cnc([C@@H]6CCCN6C(=O)[C@@H](NC(=O)OC)C(C)C)[nH]5)cc4)c4c3OC3(CCCC3)O4)cc2c(=O)[nH]1)C(C)C. The number of aromatic amines is 2. The predicted octanol–water partition coefficient (Wildman–Crippen LogP) is 7.63. The van der Waals surface area contributed by atoms with Crippen LogP contribution in [0.15, 0.2) is 65.6 Å². The molecule has 3 aliphatic heterocycles. The van der Waals surface area contributed by atoms with E-state index in [0.29, 0.717) is 53.1 Å². The van der Waals surface area contributed by atoms with Crippen LogP contribution < -0.4 is 25.7 Å². The topological polar surface area (TPSA) is 210 Å². The summed E-state index contributed by atoms with van der Waals surface area (Å²) in [5.74, 6) is 1.44. The fourth-order valence-corrected chi connectivity index (χ4v) is 10.8. The molecular formula is C51H58N8O9. The highest BCUT2D eigenvalue weighted by atomic mass is 16.7. The monoisotopic (exact) mass is 926 g/mol. The number of H-pyrrole nitrogens is 2. The standard InChI is InChI=1S/C51H58N8O9/c1-26(2)39(55-49(63)65-5)47(61)58-21-9-10-38(58)44-52-24-37(54-44)29-13-11-28(12-14-29)32-16-17-33(43-42(32)67-51(68-43)19-7-8-20-51)30-15-18-36-35(22-30)46(60)57-45(53-36)41-34-23-31(34)25-59(41)48(62)40(27(3)4)56-50(64)66-6/h11-18,22,24,26-27,31,34,38-41H,7-10,19-21,23,25H2,1-6H3,(H,52,54)(H,55,63)(H,56,64)(H,53,57,60)/t31?,34?,38-,39-,40-,41-/m0/s1. The van der Waals surface area contributed by atoms with Crippen molar-refractivity contribution >= 4 is 34.9 Å². The maximum absolute atomic E-state index is 14.0. The molecule has 3 aromatic carbocycles. The molecule has 6 atom stereocenters. The summed E-state index contributed by atoms with van der Waals surface area (Å²) in [6.07, 6.45) is 6.48. The summed E-state index contributed by atoms with van der Waals surface area (Å²) < 4.78 is 23.2. The van der Waals surface area contributed by atoms with Crippen LogP contribution in [0.2, 0.25) is 0 Å². The van der Waals surface area contributed by atoms with Gasteiger partial charge in [-0.2, -0.15) is 0 Å². The van der Waals surface area contributed by atoms with Gasteiger partial charge in [0, 0.05) is 37.1 Å². The molecular weight excluding hydrogens is 869 g/mol. The average Bonchev–Trinajstić information content (AvgIpc) is 3.99. The van der Waals surface area contributed by atoms with Crippen molar-refractivity contribution in [3.05, 3.63) is 82.8 Å². The minimum absolute atomic E-state index is 0.131. The van der Waals surface area contributed by atoms with Crippen LogP contribution in [0.4, 0.5) is 9.59 Å². The normalized spacial score (nSPS) is 21.9. The van der Waals surface area contributed by atoms with E-state index >= 15 is 0 Å². The molecule has 2 aliphatic carbocycles. The molecule has 2 aromatic heterocycles. The fourth-order valence-electron chi connectivity index (χ4n) is 10.8. The lowest BCUT2D eigenvalue weighted by molar-refractivity contribution is -0.136. The van der Waals surface area contributed by atoms with Crippen LogP contribution >= 0.6 is 0 Å². The smallest absolute Gasteiger partial charge is 0.407 e. The second-order valence-electron chi connectivity index (χ2n) is 19.6. The summed E-state index contributed by atoms with van der Waals surface area (Å²) in [6.45, 7) is 8.64. The van der Waals surface area contributed by atoms with E-state index in [2.05, 4.69) is 20.6 Å². The van der Waals surface area contributed by atoms with Gasteiger partial charge < -0.3 is 49.3 Å². The Kier molecular flexibility index (Phi) is 11.6. The van der Waals surface area contributed by atoms with Crippen LogP contribution in [0.25, 0.3) is 44.4 Å². The molecule has 17 heteroatoms. The fraction of sp³-hybridized carbons (Fsp3) is 0.471. The number of nitrogens with one attached hydrogen (secondary N) is 4. The van der Waals surface area contributed by atoms with E-state index in [1.807, 2.05) is 82.3 Å². The van der Waals surface area contributed by atoms with E-state index in [1.165, 1.54) is 14.2 Å². The summed E-state index contributed by atoms with van der Waals surface area (Å²) in [5.41, 5.74) is 5.34. The van der Waals surface area contributed by atoms with Crippen molar-refractivity contribution < 1.29 is 38.1 Å². The van der Waals surface area contributed by atoms with Gasteiger partial charge in [-0.1, -0.05) is 58.0 Å². The number of ether oxygens (including phenoxy) is 4. The summed E-state index contributed by atoms with van der Waals surface area (Å²) in [6, 6.07) is 15.7. The van der Waals surface area contributed by atoms with E-state index in [4.69, 9.17) is 28.9 Å². The minimum Gasteiger partial charge on any atom is -0.453 e. The molecule has 10 rings (SSSR count). The second kappa shape index (κ2) is 17.6. The van der Waals surface area contributed by atoms with Crippen LogP contribution in [-0.2, 0) is 19.1 Å². The number of fused-ring (bicyclic) bond motifs is 3. The van der Waals surface area contributed by atoms with E-state index in [9.17, 15) is 24.0 Å². The lowest BCUT2D eigenvalue weighted by atomic mass is 9.96. The highest BCUT2D eigenvalue weighted by Crippen LogP contribution is 2.57. The number of rotatable bonds is 11. The Labute approximate surface area is 393 Å². The van der Waals surface area contributed by atoms with Crippen LogP contribution in [0.1, 0.15) is 96.4 Å². The number of alkyl carbamates (subject to hydrolysis) is 2. The molecule has 2 saturated carbocycles. The van der Waals surface area contributed by atoms with Crippen LogP contribution in [0.3, 0.4) is 0 Å². The number of benzene rings is 3. The van der Waals surface area contributed by atoms with Crippen molar-refractivity contribution in [1.29, 1.82) is 0 Å². The van der Waals surface area contributed by atoms with Crippen molar-refractivity contribution in [1.82, 2.24) is 40.4 Å². The molecule has 0 bridgehead atoms. The number of imidazole rings is 1. The largest absolute Gasteiger partial charge is 0.453 e. The number of aromatic nitrogens is 4. The van der Waals surface area contributed by atoms with Gasteiger partial charge in [-0.25, -0.2) is 19.6 Å². The molecule has 4 fully saturated rings. The van der Waals surface area contributed by atoms with Gasteiger partial charge in [-0.05, 0) is 96.7 Å². The minimum atomic E-state index is -0.784.